The van der Waals surface area contributed by atoms with Crippen LogP contribution in [0.2, 0.25) is 0 Å². The molecule has 2 rings (SSSR count). The fraction of sp³-hybridized carbons (Fsp3) is 0.143. The summed E-state index contributed by atoms with van der Waals surface area (Å²) in [5, 5.41) is 0. The minimum absolute atomic E-state index is 0.170. The Morgan fingerprint density at radius 3 is 2.25 bits per heavy atom. The van der Waals surface area contributed by atoms with Crippen molar-refractivity contribution < 1.29 is 12.8 Å². The van der Waals surface area contributed by atoms with E-state index in [2.05, 4.69) is 15.9 Å². The van der Waals surface area contributed by atoms with Crippen LogP contribution in [0.4, 0.5) is 4.39 Å². The van der Waals surface area contributed by atoms with E-state index in [1.54, 1.807) is 18.2 Å². The summed E-state index contributed by atoms with van der Waals surface area (Å²) < 4.78 is 38.7. The second-order valence-corrected chi connectivity index (χ2v) is 7.29. The maximum absolute atomic E-state index is 13.4. The molecule has 0 aromatic heterocycles. The average Bonchev–Trinajstić information content (AvgIpc) is 2.37. The van der Waals surface area contributed by atoms with Crippen LogP contribution in [0.1, 0.15) is 11.1 Å². The zero-order valence-electron chi connectivity index (χ0n) is 10.5. The van der Waals surface area contributed by atoms with Gasteiger partial charge in [-0.25, -0.2) is 12.8 Å². The third-order valence-corrected chi connectivity index (χ3v) is 5.01. The quantitative estimate of drug-likeness (QED) is 0.914. The third-order valence-electron chi connectivity index (χ3n) is 2.78. The fourth-order valence-electron chi connectivity index (χ4n) is 1.86. The van der Waals surface area contributed by atoms with Gasteiger partial charge in [-0.05, 0) is 47.5 Å². The molecular weight excluding hydrogens is 345 g/mol. The predicted molar refractivity (Wildman–Crippen MR) is 79.3 cm³/mol. The first kappa shape index (κ1) is 15.2. The Kier molecular flexibility index (Phi) is 4.57. The van der Waals surface area contributed by atoms with Gasteiger partial charge in [-0.15, -0.1) is 0 Å². The standard InChI is InChI=1S/C14H13BrFNO2S/c15-12-1-3-14(4-2-12)20(18,19)9-11-5-10(8-17)6-13(16)7-11/h1-7H,8-9,17H2. The average molecular weight is 358 g/mol. The van der Waals surface area contributed by atoms with Crippen molar-refractivity contribution in [2.75, 3.05) is 0 Å². The Labute approximate surface area is 125 Å². The van der Waals surface area contributed by atoms with Crippen LogP contribution in [0.5, 0.6) is 0 Å². The van der Waals surface area contributed by atoms with Crippen LogP contribution < -0.4 is 5.73 Å². The molecule has 2 N–H and O–H groups in total. The van der Waals surface area contributed by atoms with Gasteiger partial charge in [0.25, 0.3) is 0 Å². The number of sulfone groups is 1. The van der Waals surface area contributed by atoms with Gasteiger partial charge in [0.05, 0.1) is 10.6 Å². The molecule has 0 aliphatic rings. The number of hydrogen-bond acceptors (Lipinski definition) is 3. The minimum Gasteiger partial charge on any atom is -0.326 e. The molecule has 0 aliphatic heterocycles. The molecule has 20 heavy (non-hydrogen) atoms. The van der Waals surface area contributed by atoms with Crippen LogP contribution in [0, 0.1) is 5.82 Å². The van der Waals surface area contributed by atoms with Crippen molar-refractivity contribution >= 4 is 25.8 Å². The van der Waals surface area contributed by atoms with Gasteiger partial charge in [-0.2, -0.15) is 0 Å². The Morgan fingerprint density at radius 2 is 1.65 bits per heavy atom. The number of benzene rings is 2. The predicted octanol–water partition coefficient (Wildman–Crippen LogP) is 3.02. The van der Waals surface area contributed by atoms with Gasteiger partial charge in [0, 0.05) is 11.0 Å². The van der Waals surface area contributed by atoms with Crippen molar-refractivity contribution in [1.82, 2.24) is 0 Å². The van der Waals surface area contributed by atoms with Crippen molar-refractivity contribution in [3.8, 4) is 0 Å². The monoisotopic (exact) mass is 357 g/mol. The van der Waals surface area contributed by atoms with Crippen molar-refractivity contribution in [3.63, 3.8) is 0 Å². The molecule has 0 unspecified atom stereocenters. The zero-order valence-corrected chi connectivity index (χ0v) is 12.9. The highest BCUT2D eigenvalue weighted by atomic mass is 79.9. The largest absolute Gasteiger partial charge is 0.326 e. The summed E-state index contributed by atoms with van der Waals surface area (Å²) in [4.78, 5) is 0.208. The molecule has 0 amide bonds. The van der Waals surface area contributed by atoms with Gasteiger partial charge in [-0.1, -0.05) is 22.0 Å². The first-order valence-electron chi connectivity index (χ1n) is 5.87. The third kappa shape index (κ3) is 3.65. The first-order chi connectivity index (χ1) is 9.40. The fourth-order valence-corrected chi connectivity index (χ4v) is 3.45. The van der Waals surface area contributed by atoms with Gasteiger partial charge in [-0.3, -0.25) is 0 Å². The summed E-state index contributed by atoms with van der Waals surface area (Å²) in [6.07, 6.45) is 0. The molecule has 0 atom stereocenters. The molecule has 106 valence electrons. The number of halogens is 2. The number of nitrogens with two attached hydrogens (primary N) is 1. The van der Waals surface area contributed by atoms with E-state index in [9.17, 15) is 12.8 Å². The maximum atomic E-state index is 13.4. The van der Waals surface area contributed by atoms with Gasteiger partial charge >= 0.3 is 0 Å². The van der Waals surface area contributed by atoms with Gasteiger partial charge in [0.15, 0.2) is 9.84 Å². The molecule has 0 heterocycles. The van der Waals surface area contributed by atoms with Crippen molar-refractivity contribution in [3.05, 3.63) is 63.9 Å². The van der Waals surface area contributed by atoms with Gasteiger partial charge in [0.1, 0.15) is 5.82 Å². The van der Waals surface area contributed by atoms with Gasteiger partial charge in [0.2, 0.25) is 0 Å². The Morgan fingerprint density at radius 1 is 1.05 bits per heavy atom. The highest BCUT2D eigenvalue weighted by molar-refractivity contribution is 9.10. The Balaban J connectivity index is 2.33. The van der Waals surface area contributed by atoms with E-state index in [0.29, 0.717) is 11.1 Å². The summed E-state index contributed by atoms with van der Waals surface area (Å²) >= 11 is 3.25. The lowest BCUT2D eigenvalue weighted by atomic mass is 10.1. The van der Waals surface area contributed by atoms with Crippen LogP contribution in [-0.2, 0) is 22.1 Å². The van der Waals surface area contributed by atoms with E-state index in [1.165, 1.54) is 24.3 Å². The van der Waals surface area contributed by atoms with Crippen LogP contribution in [-0.4, -0.2) is 8.42 Å². The molecule has 0 fully saturated rings. The molecular formula is C14H13BrFNO2S. The minimum atomic E-state index is -3.50. The second-order valence-electron chi connectivity index (χ2n) is 4.38. The van der Waals surface area contributed by atoms with Crippen molar-refractivity contribution in [2.45, 2.75) is 17.2 Å². The highest BCUT2D eigenvalue weighted by Crippen LogP contribution is 2.20. The molecule has 0 saturated carbocycles. The SMILES string of the molecule is NCc1cc(F)cc(CS(=O)(=O)c2ccc(Br)cc2)c1. The van der Waals surface area contributed by atoms with Gasteiger partial charge < -0.3 is 5.73 Å². The van der Waals surface area contributed by atoms with Crippen LogP contribution in [0.25, 0.3) is 0 Å². The summed E-state index contributed by atoms with van der Waals surface area (Å²) in [6, 6.07) is 10.5. The molecule has 2 aromatic carbocycles. The molecule has 2 aromatic rings. The zero-order chi connectivity index (χ0) is 14.8. The van der Waals surface area contributed by atoms with E-state index >= 15 is 0 Å². The van der Waals surface area contributed by atoms with E-state index in [4.69, 9.17) is 5.73 Å². The molecule has 0 radical (unpaired) electrons. The van der Waals surface area contributed by atoms with Crippen LogP contribution >= 0.6 is 15.9 Å². The maximum Gasteiger partial charge on any atom is 0.182 e. The van der Waals surface area contributed by atoms with Crippen LogP contribution in [0.3, 0.4) is 0 Å². The number of rotatable bonds is 4. The first-order valence-corrected chi connectivity index (χ1v) is 8.32. The van der Waals surface area contributed by atoms with Crippen LogP contribution in [0.15, 0.2) is 51.8 Å². The molecule has 0 aliphatic carbocycles. The summed E-state index contributed by atoms with van der Waals surface area (Å²) in [7, 11) is -3.50. The van der Waals surface area contributed by atoms with E-state index in [1.807, 2.05) is 0 Å². The van der Waals surface area contributed by atoms with Crippen molar-refractivity contribution in [1.29, 1.82) is 0 Å². The molecule has 0 spiro atoms. The Bertz CT molecular complexity index is 714. The molecule has 6 heteroatoms. The summed E-state index contributed by atoms with van der Waals surface area (Å²) in [6.45, 7) is 0.170. The number of hydrogen-bond donors (Lipinski definition) is 1. The molecule has 0 saturated heterocycles. The van der Waals surface area contributed by atoms with E-state index in [0.717, 1.165) is 4.47 Å². The normalized spacial score (nSPS) is 11.6. The van der Waals surface area contributed by atoms with Crippen molar-refractivity contribution in [2.24, 2.45) is 5.73 Å². The summed E-state index contributed by atoms with van der Waals surface area (Å²) in [5.74, 6) is -0.728. The smallest absolute Gasteiger partial charge is 0.182 e. The second kappa shape index (κ2) is 6.03. The lowest BCUT2D eigenvalue weighted by Gasteiger charge is -2.07. The van der Waals surface area contributed by atoms with E-state index < -0.39 is 15.7 Å². The van der Waals surface area contributed by atoms with E-state index in [-0.39, 0.29) is 17.2 Å². The summed E-state index contributed by atoms with van der Waals surface area (Å²) in [5.41, 5.74) is 6.43. The lowest BCUT2D eigenvalue weighted by molar-refractivity contribution is 0.594. The molecule has 0 bridgehead atoms. The highest BCUT2D eigenvalue weighted by Gasteiger charge is 2.16. The lowest BCUT2D eigenvalue weighted by Crippen LogP contribution is -2.06. The Hall–Kier alpha value is -1.24. The molecule has 3 nitrogen and oxygen atoms in total. The topological polar surface area (TPSA) is 60.2 Å².